The summed E-state index contributed by atoms with van der Waals surface area (Å²) in [6.45, 7) is 1.59. The summed E-state index contributed by atoms with van der Waals surface area (Å²) in [7, 11) is 4.48. The average molecular weight is 466 g/mol. The van der Waals surface area contributed by atoms with Crippen molar-refractivity contribution >= 4 is 17.6 Å². The van der Waals surface area contributed by atoms with Gasteiger partial charge in [-0.2, -0.15) is 0 Å². The lowest BCUT2D eigenvalue weighted by atomic mass is 10.1. The first-order chi connectivity index (χ1) is 16.4. The number of carbonyl (C=O) groups excluding carboxylic acids is 2. The normalized spacial score (nSPS) is 10.2. The number of methoxy groups -OCH3 is 3. The van der Waals surface area contributed by atoms with Gasteiger partial charge in [-0.25, -0.2) is 0 Å². The molecule has 0 saturated heterocycles. The van der Waals surface area contributed by atoms with Gasteiger partial charge >= 0.3 is 5.97 Å². The van der Waals surface area contributed by atoms with Crippen molar-refractivity contribution < 1.29 is 33.3 Å². The van der Waals surface area contributed by atoms with Crippen LogP contribution in [0.4, 0.5) is 5.69 Å². The van der Waals surface area contributed by atoms with E-state index in [1.54, 1.807) is 36.4 Å². The topological polar surface area (TPSA) is 92.3 Å². The maximum atomic E-state index is 12.2. The lowest BCUT2D eigenvalue weighted by Gasteiger charge is -2.14. The Hall–Kier alpha value is -4.20. The molecule has 178 valence electrons. The van der Waals surface area contributed by atoms with Crippen molar-refractivity contribution in [3.8, 4) is 28.7 Å². The van der Waals surface area contributed by atoms with Crippen molar-refractivity contribution in [1.29, 1.82) is 0 Å². The van der Waals surface area contributed by atoms with Gasteiger partial charge in [0.05, 0.1) is 27.8 Å². The number of nitrogens with one attached hydrogen (secondary N) is 1. The van der Waals surface area contributed by atoms with Gasteiger partial charge in [-0.1, -0.05) is 17.7 Å². The van der Waals surface area contributed by atoms with Crippen molar-refractivity contribution in [1.82, 2.24) is 0 Å². The number of ether oxygens (including phenoxy) is 5. The molecule has 1 N–H and O–H groups in total. The van der Waals surface area contributed by atoms with Crippen LogP contribution in [-0.4, -0.2) is 39.8 Å². The van der Waals surface area contributed by atoms with E-state index in [9.17, 15) is 9.59 Å². The van der Waals surface area contributed by atoms with Crippen LogP contribution in [0.5, 0.6) is 28.7 Å². The van der Waals surface area contributed by atoms with E-state index in [1.807, 2.05) is 31.2 Å². The van der Waals surface area contributed by atoms with Crippen LogP contribution in [0.25, 0.3) is 0 Å². The van der Waals surface area contributed by atoms with Crippen molar-refractivity contribution in [3.63, 3.8) is 0 Å². The largest absolute Gasteiger partial charge is 0.493 e. The van der Waals surface area contributed by atoms with E-state index in [4.69, 9.17) is 23.7 Å². The summed E-state index contributed by atoms with van der Waals surface area (Å²) >= 11 is 0. The van der Waals surface area contributed by atoms with Crippen LogP contribution < -0.4 is 24.3 Å². The van der Waals surface area contributed by atoms with Crippen LogP contribution in [0, 0.1) is 6.92 Å². The number of hydrogen-bond donors (Lipinski definition) is 1. The fourth-order valence-corrected chi connectivity index (χ4v) is 3.15. The number of rotatable bonds is 10. The molecule has 3 aromatic rings. The molecule has 0 aliphatic heterocycles. The molecule has 0 aromatic heterocycles. The zero-order valence-corrected chi connectivity index (χ0v) is 19.5. The van der Waals surface area contributed by atoms with E-state index in [-0.39, 0.29) is 6.42 Å². The summed E-state index contributed by atoms with van der Waals surface area (Å²) in [5.41, 5.74) is 2.31. The Labute approximate surface area is 198 Å². The van der Waals surface area contributed by atoms with Gasteiger partial charge in [0, 0.05) is 5.69 Å². The molecule has 8 nitrogen and oxygen atoms in total. The van der Waals surface area contributed by atoms with Gasteiger partial charge in [-0.05, 0) is 61.0 Å². The quantitative estimate of drug-likeness (QED) is 0.440. The van der Waals surface area contributed by atoms with E-state index in [0.29, 0.717) is 34.2 Å². The van der Waals surface area contributed by atoms with E-state index in [0.717, 1.165) is 11.3 Å². The molecule has 1 amide bonds. The third-order valence-corrected chi connectivity index (χ3v) is 4.83. The molecule has 0 aliphatic rings. The molecule has 3 rings (SSSR count). The minimum atomic E-state index is -0.564. The summed E-state index contributed by atoms with van der Waals surface area (Å²) in [5.74, 6) is 1.63. The van der Waals surface area contributed by atoms with Crippen LogP contribution in [-0.2, 0) is 20.7 Å². The molecule has 0 atom stereocenters. The second-order valence-electron chi connectivity index (χ2n) is 7.36. The average Bonchev–Trinajstić information content (AvgIpc) is 2.84. The maximum Gasteiger partial charge on any atom is 0.310 e. The lowest BCUT2D eigenvalue weighted by molar-refractivity contribution is -0.146. The molecule has 8 heteroatoms. The molecular weight excluding hydrogens is 438 g/mol. The number of aryl methyl sites for hydroxylation is 1. The molecule has 3 aromatic carbocycles. The van der Waals surface area contributed by atoms with Crippen LogP contribution in [0.3, 0.4) is 0 Å². The molecular formula is C26H27NO7. The van der Waals surface area contributed by atoms with E-state index in [1.165, 1.54) is 21.3 Å². The van der Waals surface area contributed by atoms with E-state index >= 15 is 0 Å². The summed E-state index contributed by atoms with van der Waals surface area (Å²) < 4.78 is 26.7. The van der Waals surface area contributed by atoms with Gasteiger partial charge < -0.3 is 29.0 Å². The fourth-order valence-electron chi connectivity index (χ4n) is 3.15. The number of amides is 1. The Bertz CT molecular complexity index is 1100. The van der Waals surface area contributed by atoms with Gasteiger partial charge in [0.1, 0.15) is 11.5 Å². The monoisotopic (exact) mass is 465 g/mol. The minimum Gasteiger partial charge on any atom is -0.493 e. The molecule has 0 saturated carbocycles. The first-order valence-electron chi connectivity index (χ1n) is 10.5. The molecule has 0 heterocycles. The van der Waals surface area contributed by atoms with E-state index in [2.05, 4.69) is 5.32 Å². The minimum absolute atomic E-state index is 0.0605. The third kappa shape index (κ3) is 6.65. The van der Waals surface area contributed by atoms with Gasteiger partial charge in [-0.3, -0.25) is 9.59 Å². The Morgan fingerprint density at radius 1 is 0.794 bits per heavy atom. The highest BCUT2D eigenvalue weighted by Gasteiger charge is 2.16. The summed E-state index contributed by atoms with van der Waals surface area (Å²) in [6, 6.07) is 17.9. The fraction of sp³-hybridized carbons (Fsp3) is 0.231. The predicted molar refractivity (Wildman–Crippen MR) is 127 cm³/mol. The van der Waals surface area contributed by atoms with Gasteiger partial charge in [0.25, 0.3) is 5.91 Å². The number of anilines is 1. The predicted octanol–water partition coefficient (Wildman–Crippen LogP) is 4.54. The first-order valence-corrected chi connectivity index (χ1v) is 10.5. The molecule has 34 heavy (non-hydrogen) atoms. The second kappa shape index (κ2) is 11.6. The van der Waals surface area contributed by atoms with Crippen LogP contribution >= 0.6 is 0 Å². The second-order valence-corrected chi connectivity index (χ2v) is 7.36. The van der Waals surface area contributed by atoms with E-state index < -0.39 is 18.5 Å². The van der Waals surface area contributed by atoms with Gasteiger partial charge in [-0.15, -0.1) is 0 Å². The number of benzene rings is 3. The van der Waals surface area contributed by atoms with Crippen molar-refractivity contribution in [2.45, 2.75) is 13.3 Å². The van der Waals surface area contributed by atoms with Crippen molar-refractivity contribution in [3.05, 3.63) is 71.8 Å². The van der Waals surface area contributed by atoms with Crippen LogP contribution in [0.1, 0.15) is 11.1 Å². The first kappa shape index (κ1) is 24.4. The maximum absolute atomic E-state index is 12.2. The SMILES string of the molecule is COc1cc(CC(=O)OCC(=O)Nc2ccc(Oc3ccc(C)cc3)cc2)cc(OC)c1OC. The zero-order chi connectivity index (χ0) is 24.5. The molecule has 0 spiro atoms. The van der Waals surface area contributed by atoms with Crippen LogP contribution in [0.2, 0.25) is 0 Å². The lowest BCUT2D eigenvalue weighted by Crippen LogP contribution is -2.21. The van der Waals surface area contributed by atoms with Crippen molar-refractivity contribution in [2.75, 3.05) is 33.3 Å². The molecule has 0 aliphatic carbocycles. The number of esters is 1. The molecule has 0 bridgehead atoms. The summed E-state index contributed by atoms with van der Waals surface area (Å²) in [6.07, 6.45) is -0.0605. The van der Waals surface area contributed by atoms with Gasteiger partial charge in [0.2, 0.25) is 5.75 Å². The Morgan fingerprint density at radius 2 is 1.35 bits per heavy atom. The van der Waals surface area contributed by atoms with Gasteiger partial charge in [0.15, 0.2) is 18.1 Å². The highest BCUT2D eigenvalue weighted by molar-refractivity contribution is 5.93. The Balaban J connectivity index is 1.50. The summed E-state index contributed by atoms with van der Waals surface area (Å²) in [4.78, 5) is 24.4. The van der Waals surface area contributed by atoms with Crippen molar-refractivity contribution in [2.24, 2.45) is 0 Å². The number of hydrogen-bond acceptors (Lipinski definition) is 7. The zero-order valence-electron chi connectivity index (χ0n) is 19.5. The smallest absolute Gasteiger partial charge is 0.310 e. The molecule has 0 radical (unpaired) electrons. The molecule has 0 fully saturated rings. The summed E-state index contributed by atoms with van der Waals surface area (Å²) in [5, 5.41) is 2.68. The Morgan fingerprint density at radius 3 is 1.88 bits per heavy atom. The number of carbonyl (C=O) groups is 2. The highest BCUT2D eigenvalue weighted by Crippen LogP contribution is 2.38. The molecule has 0 unspecified atom stereocenters. The third-order valence-electron chi connectivity index (χ3n) is 4.83. The standard InChI is InChI=1S/C26H27NO7/c1-17-5-9-20(10-6-17)34-21-11-7-19(8-12-21)27-24(28)16-33-25(29)15-18-13-22(30-2)26(32-4)23(14-18)31-3/h5-14H,15-16H2,1-4H3,(H,27,28). The highest BCUT2D eigenvalue weighted by atomic mass is 16.5. The Kier molecular flexibility index (Phi) is 8.34. The van der Waals surface area contributed by atoms with Crippen LogP contribution in [0.15, 0.2) is 60.7 Å².